The number of amides is 1. The van der Waals surface area contributed by atoms with Gasteiger partial charge in [-0.25, -0.2) is 4.79 Å². The quantitative estimate of drug-likeness (QED) is 0.551. The number of carbonyl (C=O) groups is 2. The van der Waals surface area contributed by atoms with Gasteiger partial charge in [0.1, 0.15) is 0 Å². The van der Waals surface area contributed by atoms with Gasteiger partial charge in [0.2, 0.25) is 0 Å². The van der Waals surface area contributed by atoms with Gasteiger partial charge < -0.3 is 19.9 Å². The molecule has 0 spiro atoms. The second kappa shape index (κ2) is 8.38. The van der Waals surface area contributed by atoms with Crippen molar-refractivity contribution in [1.82, 2.24) is 5.32 Å². The average molecular weight is 388 g/mol. The minimum atomic E-state index is -1.36. The van der Waals surface area contributed by atoms with Gasteiger partial charge in [0, 0.05) is 17.7 Å². The predicted octanol–water partition coefficient (Wildman–Crippen LogP) is 3.11. The fourth-order valence-electron chi connectivity index (χ4n) is 2.79. The first-order chi connectivity index (χ1) is 13.2. The highest BCUT2D eigenvalue weighted by molar-refractivity contribution is 5.98. The maximum Gasteiger partial charge on any atom is 0.335 e. The summed E-state index contributed by atoms with van der Waals surface area (Å²) >= 11 is 0. The summed E-state index contributed by atoms with van der Waals surface area (Å²) in [5.74, 6) is -0.950. The summed E-state index contributed by atoms with van der Waals surface area (Å²) in [6.07, 6.45) is 0. The number of nitrogens with one attached hydrogen (secondary N) is 1. The monoisotopic (exact) mass is 388 g/mol. The van der Waals surface area contributed by atoms with Gasteiger partial charge in [0.15, 0.2) is 11.5 Å². The first kappa shape index (κ1) is 20.7. The number of aryl methyl sites for hydroxylation is 1. The molecule has 0 aliphatic heterocycles. The standard InChI is InChI=1S/C19H20N2O7/c1-10-5-16(27-3)17(28-4)9-15(10)11(2)20-18(22)12-6-13(19(23)24)8-14(7-12)21(25)26/h5-9,11H,1-4H3,(H,20,22)(H,23,24). The lowest BCUT2D eigenvalue weighted by molar-refractivity contribution is -0.384. The Hall–Kier alpha value is -3.62. The maximum atomic E-state index is 12.6. The van der Waals surface area contributed by atoms with E-state index >= 15 is 0 Å². The van der Waals surface area contributed by atoms with Gasteiger partial charge in [-0.1, -0.05) is 0 Å². The molecule has 9 nitrogen and oxygen atoms in total. The molecule has 0 bridgehead atoms. The van der Waals surface area contributed by atoms with Gasteiger partial charge in [-0.3, -0.25) is 14.9 Å². The van der Waals surface area contributed by atoms with E-state index in [0.717, 1.165) is 29.3 Å². The molecule has 28 heavy (non-hydrogen) atoms. The fraction of sp³-hybridized carbons (Fsp3) is 0.263. The minimum absolute atomic E-state index is 0.114. The molecule has 0 fully saturated rings. The summed E-state index contributed by atoms with van der Waals surface area (Å²) < 4.78 is 10.5. The van der Waals surface area contributed by atoms with Gasteiger partial charge in [0.25, 0.3) is 11.6 Å². The number of benzene rings is 2. The lowest BCUT2D eigenvalue weighted by Crippen LogP contribution is -2.27. The molecular formula is C19H20N2O7. The summed E-state index contributed by atoms with van der Waals surface area (Å²) in [4.78, 5) is 34.1. The van der Waals surface area contributed by atoms with Crippen molar-refractivity contribution in [2.24, 2.45) is 0 Å². The van der Waals surface area contributed by atoms with E-state index < -0.39 is 28.5 Å². The number of nitrogens with zero attached hydrogens (tertiary/aromatic N) is 1. The van der Waals surface area contributed by atoms with Crippen LogP contribution in [0.25, 0.3) is 0 Å². The molecule has 1 unspecified atom stereocenters. The molecule has 0 aromatic heterocycles. The Balaban J connectivity index is 2.35. The van der Waals surface area contributed by atoms with Gasteiger partial charge >= 0.3 is 5.97 Å². The lowest BCUT2D eigenvalue weighted by Gasteiger charge is -2.19. The molecule has 2 aromatic carbocycles. The number of carbonyl (C=O) groups excluding carboxylic acids is 1. The molecule has 0 aliphatic rings. The van der Waals surface area contributed by atoms with E-state index in [1.54, 1.807) is 19.1 Å². The molecular weight excluding hydrogens is 368 g/mol. The van der Waals surface area contributed by atoms with Crippen molar-refractivity contribution in [3.05, 3.63) is 62.7 Å². The number of carboxylic acid groups (broad SMARTS) is 1. The molecule has 0 heterocycles. The molecule has 148 valence electrons. The zero-order valence-corrected chi connectivity index (χ0v) is 15.8. The van der Waals surface area contributed by atoms with Crippen LogP contribution in [0.1, 0.15) is 44.8 Å². The molecule has 2 aromatic rings. The maximum absolute atomic E-state index is 12.6. The minimum Gasteiger partial charge on any atom is -0.493 e. The topological polar surface area (TPSA) is 128 Å². The van der Waals surface area contributed by atoms with E-state index in [-0.39, 0.29) is 11.1 Å². The molecule has 1 amide bonds. The Bertz CT molecular complexity index is 908. The third-order valence-electron chi connectivity index (χ3n) is 4.22. The normalized spacial score (nSPS) is 11.4. The Morgan fingerprint density at radius 3 is 2.18 bits per heavy atom. The van der Waals surface area contributed by atoms with Crippen LogP contribution in [0, 0.1) is 17.0 Å². The third-order valence-corrected chi connectivity index (χ3v) is 4.22. The van der Waals surface area contributed by atoms with Crippen LogP contribution >= 0.6 is 0 Å². The number of nitro benzene ring substituents is 1. The summed E-state index contributed by atoms with van der Waals surface area (Å²) in [5, 5.41) is 22.9. The molecule has 1 atom stereocenters. The molecule has 0 saturated heterocycles. The van der Waals surface area contributed by atoms with Gasteiger partial charge in [-0.2, -0.15) is 0 Å². The second-order valence-electron chi connectivity index (χ2n) is 6.09. The van der Waals surface area contributed by atoms with Crippen LogP contribution in [0.5, 0.6) is 11.5 Å². The number of hydrogen-bond donors (Lipinski definition) is 2. The summed E-state index contributed by atoms with van der Waals surface area (Å²) in [6.45, 7) is 3.58. The van der Waals surface area contributed by atoms with Crippen LogP contribution in [0.2, 0.25) is 0 Å². The molecule has 0 aliphatic carbocycles. The van der Waals surface area contributed by atoms with Gasteiger partial charge in [-0.15, -0.1) is 0 Å². The van der Waals surface area contributed by atoms with Crippen LogP contribution in [0.15, 0.2) is 30.3 Å². The number of non-ortho nitro benzene ring substituents is 1. The van der Waals surface area contributed by atoms with Gasteiger partial charge in [-0.05, 0) is 43.2 Å². The van der Waals surface area contributed by atoms with E-state index in [2.05, 4.69) is 5.32 Å². The number of ether oxygens (including phenoxy) is 2. The lowest BCUT2D eigenvalue weighted by atomic mass is 10.0. The highest BCUT2D eigenvalue weighted by Crippen LogP contribution is 2.33. The Labute approximate surface area is 161 Å². The Kier molecular flexibility index (Phi) is 6.19. The first-order valence-electron chi connectivity index (χ1n) is 8.24. The van der Waals surface area contributed by atoms with E-state index in [0.29, 0.717) is 11.5 Å². The number of aromatic carboxylic acids is 1. The average Bonchev–Trinajstić information content (AvgIpc) is 2.66. The second-order valence-corrected chi connectivity index (χ2v) is 6.09. The van der Waals surface area contributed by atoms with Crippen molar-refractivity contribution in [2.75, 3.05) is 14.2 Å². The van der Waals surface area contributed by atoms with Crippen LogP contribution in [0.3, 0.4) is 0 Å². The molecule has 9 heteroatoms. The fourth-order valence-corrected chi connectivity index (χ4v) is 2.79. The summed E-state index contributed by atoms with van der Waals surface area (Å²) in [7, 11) is 3.02. The van der Waals surface area contributed by atoms with Crippen molar-refractivity contribution >= 4 is 17.6 Å². The van der Waals surface area contributed by atoms with E-state index in [1.807, 2.05) is 6.92 Å². The number of methoxy groups -OCH3 is 2. The van der Waals surface area contributed by atoms with Crippen LogP contribution < -0.4 is 14.8 Å². The molecule has 0 radical (unpaired) electrons. The summed E-state index contributed by atoms with van der Waals surface area (Å²) in [6, 6.07) is 6.07. The SMILES string of the molecule is COc1cc(C)c(C(C)NC(=O)c2cc(C(=O)O)cc([N+](=O)[O-])c2)cc1OC. The van der Waals surface area contributed by atoms with Crippen LogP contribution in [-0.2, 0) is 0 Å². The number of hydrogen-bond acceptors (Lipinski definition) is 6. The number of rotatable bonds is 7. The van der Waals surface area contributed by atoms with E-state index in [9.17, 15) is 19.7 Å². The smallest absolute Gasteiger partial charge is 0.335 e. The van der Waals surface area contributed by atoms with Crippen LogP contribution in [0.4, 0.5) is 5.69 Å². The zero-order valence-electron chi connectivity index (χ0n) is 15.8. The first-order valence-corrected chi connectivity index (χ1v) is 8.24. The van der Waals surface area contributed by atoms with E-state index in [1.165, 1.54) is 14.2 Å². The van der Waals surface area contributed by atoms with Crippen molar-refractivity contribution in [3.63, 3.8) is 0 Å². The van der Waals surface area contributed by atoms with Crippen molar-refractivity contribution in [1.29, 1.82) is 0 Å². The predicted molar refractivity (Wildman–Crippen MR) is 100 cm³/mol. The largest absolute Gasteiger partial charge is 0.493 e. The van der Waals surface area contributed by atoms with Crippen LogP contribution in [-0.4, -0.2) is 36.1 Å². The van der Waals surface area contributed by atoms with E-state index in [4.69, 9.17) is 14.6 Å². The summed E-state index contributed by atoms with van der Waals surface area (Å²) in [5.41, 5.74) is 0.677. The third kappa shape index (κ3) is 4.37. The highest BCUT2D eigenvalue weighted by atomic mass is 16.6. The van der Waals surface area contributed by atoms with Crippen molar-refractivity contribution < 1.29 is 29.1 Å². The Morgan fingerprint density at radius 1 is 1.07 bits per heavy atom. The zero-order chi connectivity index (χ0) is 21.0. The highest BCUT2D eigenvalue weighted by Gasteiger charge is 2.20. The molecule has 2 N–H and O–H groups in total. The van der Waals surface area contributed by atoms with Gasteiger partial charge in [0.05, 0.1) is 30.7 Å². The van der Waals surface area contributed by atoms with Crippen molar-refractivity contribution in [2.45, 2.75) is 19.9 Å². The molecule has 0 saturated carbocycles. The Morgan fingerprint density at radius 2 is 1.64 bits per heavy atom. The van der Waals surface area contributed by atoms with Crippen molar-refractivity contribution in [3.8, 4) is 11.5 Å². The number of nitro groups is 1. The number of carboxylic acids is 1. The molecule has 2 rings (SSSR count).